The van der Waals surface area contributed by atoms with Crippen LogP contribution < -0.4 is 10.6 Å². The van der Waals surface area contributed by atoms with Crippen molar-refractivity contribution in [3.63, 3.8) is 0 Å². The summed E-state index contributed by atoms with van der Waals surface area (Å²) in [5, 5.41) is 5.75. The average Bonchev–Trinajstić information content (AvgIpc) is 2.75. The summed E-state index contributed by atoms with van der Waals surface area (Å²) >= 11 is 0. The van der Waals surface area contributed by atoms with Crippen molar-refractivity contribution in [1.29, 1.82) is 0 Å². The van der Waals surface area contributed by atoms with Crippen LogP contribution in [0, 0.1) is 0 Å². The summed E-state index contributed by atoms with van der Waals surface area (Å²) < 4.78 is 5.43. The minimum absolute atomic E-state index is 0.262. The third-order valence-electron chi connectivity index (χ3n) is 5.07. The first-order chi connectivity index (χ1) is 16.3. The molecule has 0 heterocycles. The van der Waals surface area contributed by atoms with Crippen LogP contribution in [-0.2, 0) is 20.7 Å². The number of alkyl carbamates (subject to hydrolysis) is 1. The third-order valence-corrected chi connectivity index (χ3v) is 5.07. The Morgan fingerprint density at radius 2 is 1.43 bits per heavy atom. The van der Waals surface area contributed by atoms with Gasteiger partial charge in [-0.25, -0.2) is 4.79 Å². The van der Waals surface area contributed by atoms with Crippen molar-refractivity contribution in [3.8, 4) is 0 Å². The van der Waals surface area contributed by atoms with E-state index in [1.807, 2.05) is 88.4 Å². The molecule has 2 unspecified atom stereocenters. The number of ether oxygens (including phenoxy) is 1. The molecule has 7 nitrogen and oxygen atoms in total. The Bertz CT molecular complexity index is 979. The number of nitrogens with one attached hydrogen (secondary N) is 2. The molecule has 0 aliphatic carbocycles. The number of carbonyl (C=O) groups excluding carboxylic acids is 3. The van der Waals surface area contributed by atoms with Gasteiger partial charge in [0.2, 0.25) is 11.8 Å². The van der Waals surface area contributed by atoms with Gasteiger partial charge in [0.25, 0.3) is 0 Å². The zero-order valence-electron chi connectivity index (χ0n) is 21.9. The fourth-order valence-electron chi connectivity index (χ4n) is 3.71. The van der Waals surface area contributed by atoms with Crippen molar-refractivity contribution in [1.82, 2.24) is 15.5 Å². The molecular weight excluding hydrogens is 442 g/mol. The zero-order valence-corrected chi connectivity index (χ0v) is 21.9. The lowest BCUT2D eigenvalue weighted by molar-refractivity contribution is -0.142. The van der Waals surface area contributed by atoms with Crippen molar-refractivity contribution in [2.24, 2.45) is 0 Å². The lowest BCUT2D eigenvalue weighted by atomic mass is 9.99. The molecule has 0 fully saturated rings. The first-order valence-electron chi connectivity index (χ1n) is 12.0. The SMILES string of the molecule is CCN(C(=O)C(Cc1ccccc1)NC(=O)OC(C)(C)C)C(C(=O)NC(C)(C)C)c1ccccc1. The molecule has 0 aliphatic rings. The molecule has 2 aromatic carbocycles. The second-order valence-electron chi connectivity index (χ2n) is 10.6. The predicted molar refractivity (Wildman–Crippen MR) is 138 cm³/mol. The van der Waals surface area contributed by atoms with Crippen molar-refractivity contribution in [2.45, 2.75) is 78.1 Å². The maximum atomic E-state index is 13.9. The van der Waals surface area contributed by atoms with Gasteiger partial charge < -0.3 is 20.3 Å². The Balaban J connectivity index is 2.44. The molecule has 0 radical (unpaired) electrons. The molecule has 190 valence electrons. The van der Waals surface area contributed by atoms with Crippen LogP contribution in [0.1, 0.15) is 65.6 Å². The first kappa shape index (κ1) is 27.9. The average molecular weight is 482 g/mol. The maximum absolute atomic E-state index is 13.9. The van der Waals surface area contributed by atoms with Crippen LogP contribution in [0.15, 0.2) is 60.7 Å². The van der Waals surface area contributed by atoms with E-state index in [1.165, 1.54) is 4.90 Å². The van der Waals surface area contributed by atoms with E-state index in [0.29, 0.717) is 5.56 Å². The fourth-order valence-corrected chi connectivity index (χ4v) is 3.71. The molecule has 2 N–H and O–H groups in total. The maximum Gasteiger partial charge on any atom is 0.408 e. The molecule has 2 rings (SSSR count). The van der Waals surface area contributed by atoms with Gasteiger partial charge in [-0.15, -0.1) is 0 Å². The van der Waals surface area contributed by atoms with Crippen LogP contribution in [0.5, 0.6) is 0 Å². The Morgan fingerprint density at radius 3 is 1.91 bits per heavy atom. The van der Waals surface area contributed by atoms with Gasteiger partial charge in [0.1, 0.15) is 17.7 Å². The van der Waals surface area contributed by atoms with E-state index in [4.69, 9.17) is 4.74 Å². The molecule has 0 bridgehead atoms. The summed E-state index contributed by atoms with van der Waals surface area (Å²) in [5.74, 6) is -0.644. The molecule has 0 saturated heterocycles. The van der Waals surface area contributed by atoms with Crippen LogP contribution in [-0.4, -0.2) is 46.5 Å². The van der Waals surface area contributed by atoms with Gasteiger partial charge in [-0.3, -0.25) is 9.59 Å². The minimum atomic E-state index is -0.916. The number of benzene rings is 2. The Labute approximate surface area is 209 Å². The van der Waals surface area contributed by atoms with Crippen molar-refractivity contribution in [3.05, 3.63) is 71.8 Å². The number of carbonyl (C=O) groups is 3. The van der Waals surface area contributed by atoms with Crippen LogP contribution in [0.4, 0.5) is 4.79 Å². The van der Waals surface area contributed by atoms with E-state index < -0.39 is 29.3 Å². The number of hydrogen-bond acceptors (Lipinski definition) is 4. The standard InChI is InChI=1S/C28H39N3O4/c1-8-31(23(21-17-13-10-14-18-21)24(32)30-27(2,3)4)25(33)22(19-20-15-11-9-12-16-20)29-26(34)35-28(5,6)7/h9-18,22-23H,8,19H2,1-7H3,(H,29,34)(H,30,32). The van der Waals surface area contributed by atoms with E-state index in [1.54, 1.807) is 20.8 Å². The van der Waals surface area contributed by atoms with Gasteiger partial charge in [0.05, 0.1) is 0 Å². The second-order valence-corrected chi connectivity index (χ2v) is 10.6. The van der Waals surface area contributed by atoms with Crippen molar-refractivity contribution < 1.29 is 19.1 Å². The number of amides is 3. The van der Waals surface area contributed by atoms with Crippen molar-refractivity contribution in [2.75, 3.05) is 6.54 Å². The largest absolute Gasteiger partial charge is 0.444 e. The molecule has 0 aliphatic heterocycles. The molecule has 0 saturated carbocycles. The molecule has 35 heavy (non-hydrogen) atoms. The third kappa shape index (κ3) is 9.08. The summed E-state index contributed by atoms with van der Waals surface area (Å²) in [4.78, 5) is 41.5. The Morgan fingerprint density at radius 1 is 0.886 bits per heavy atom. The summed E-state index contributed by atoms with van der Waals surface area (Å²) in [5.41, 5.74) is 0.382. The molecular formula is C28H39N3O4. The molecule has 0 spiro atoms. The van der Waals surface area contributed by atoms with E-state index >= 15 is 0 Å². The van der Waals surface area contributed by atoms with Crippen LogP contribution in [0.3, 0.4) is 0 Å². The van der Waals surface area contributed by atoms with Crippen LogP contribution in [0.2, 0.25) is 0 Å². The van der Waals surface area contributed by atoms with Crippen molar-refractivity contribution >= 4 is 17.9 Å². The Hall–Kier alpha value is -3.35. The van der Waals surface area contributed by atoms with E-state index in [-0.39, 0.29) is 24.8 Å². The highest BCUT2D eigenvalue weighted by molar-refractivity contribution is 5.92. The molecule has 2 aromatic rings. The molecule has 2 atom stereocenters. The van der Waals surface area contributed by atoms with Gasteiger partial charge in [-0.2, -0.15) is 0 Å². The van der Waals surface area contributed by atoms with E-state index in [2.05, 4.69) is 10.6 Å². The first-order valence-corrected chi connectivity index (χ1v) is 12.0. The topological polar surface area (TPSA) is 87.7 Å². The zero-order chi connectivity index (χ0) is 26.2. The fraction of sp³-hybridized carbons (Fsp3) is 0.464. The number of nitrogens with zero attached hydrogens (tertiary/aromatic N) is 1. The van der Waals surface area contributed by atoms with Gasteiger partial charge >= 0.3 is 6.09 Å². The van der Waals surface area contributed by atoms with Gasteiger partial charge in [0.15, 0.2) is 0 Å². The summed E-state index contributed by atoms with van der Waals surface area (Å²) in [7, 11) is 0. The van der Waals surface area contributed by atoms with Gasteiger partial charge in [-0.1, -0.05) is 60.7 Å². The molecule has 3 amide bonds. The highest BCUT2D eigenvalue weighted by Gasteiger charge is 2.36. The highest BCUT2D eigenvalue weighted by atomic mass is 16.6. The summed E-state index contributed by atoms with van der Waals surface area (Å²) in [6, 6.07) is 16.9. The summed E-state index contributed by atoms with van der Waals surface area (Å²) in [6.07, 6.45) is -0.420. The minimum Gasteiger partial charge on any atom is -0.444 e. The Kier molecular flexibility index (Phi) is 9.46. The number of hydrogen-bond donors (Lipinski definition) is 2. The molecule has 0 aromatic heterocycles. The predicted octanol–water partition coefficient (Wildman–Crippen LogP) is 4.63. The van der Waals surface area contributed by atoms with Crippen LogP contribution in [0.25, 0.3) is 0 Å². The lowest BCUT2D eigenvalue weighted by Crippen LogP contribution is -2.55. The number of rotatable bonds is 8. The van der Waals surface area contributed by atoms with E-state index in [0.717, 1.165) is 5.56 Å². The smallest absolute Gasteiger partial charge is 0.408 e. The molecule has 7 heteroatoms. The van der Waals surface area contributed by atoms with Gasteiger partial charge in [-0.05, 0) is 59.6 Å². The monoisotopic (exact) mass is 481 g/mol. The van der Waals surface area contributed by atoms with Gasteiger partial charge in [0, 0.05) is 18.5 Å². The van der Waals surface area contributed by atoms with E-state index in [9.17, 15) is 14.4 Å². The normalized spacial score (nSPS) is 13.3. The summed E-state index contributed by atoms with van der Waals surface area (Å²) in [6.45, 7) is 13.1. The quantitative estimate of drug-likeness (QED) is 0.576. The highest BCUT2D eigenvalue weighted by Crippen LogP contribution is 2.24. The lowest BCUT2D eigenvalue weighted by Gasteiger charge is -2.35. The second kappa shape index (κ2) is 11.9. The van der Waals surface area contributed by atoms with Crippen LogP contribution >= 0.6 is 0 Å². The number of likely N-dealkylation sites (N-methyl/N-ethyl adjacent to an activating group) is 1.